The van der Waals surface area contributed by atoms with Gasteiger partial charge in [0.05, 0.1) is 10.3 Å². The van der Waals surface area contributed by atoms with Crippen LogP contribution in [-0.4, -0.2) is 21.8 Å². The number of hydrogen-bond donors (Lipinski definition) is 1. The summed E-state index contributed by atoms with van der Waals surface area (Å²) in [5, 5.41) is 3.03. The summed E-state index contributed by atoms with van der Waals surface area (Å²) in [6.07, 6.45) is -3.23. The predicted molar refractivity (Wildman–Crippen MR) is 101 cm³/mol. The van der Waals surface area contributed by atoms with E-state index >= 15 is 0 Å². The molecule has 6 nitrogen and oxygen atoms in total. The Kier molecular flexibility index (Phi) is 4.81. The minimum absolute atomic E-state index is 0.151. The maximum Gasteiger partial charge on any atom is 0.573 e. The van der Waals surface area contributed by atoms with Crippen molar-refractivity contribution in [2.75, 3.05) is 0 Å². The van der Waals surface area contributed by atoms with Gasteiger partial charge in [0.15, 0.2) is 0 Å². The molecule has 29 heavy (non-hydrogen) atoms. The van der Waals surface area contributed by atoms with Gasteiger partial charge in [-0.3, -0.25) is 14.2 Å². The van der Waals surface area contributed by atoms with Crippen molar-refractivity contribution in [1.29, 1.82) is 0 Å². The van der Waals surface area contributed by atoms with Gasteiger partial charge in [-0.15, -0.1) is 24.5 Å². The lowest BCUT2D eigenvalue weighted by Crippen LogP contribution is -2.24. The zero-order chi connectivity index (χ0) is 20.8. The van der Waals surface area contributed by atoms with Crippen LogP contribution in [0.15, 0.2) is 29.1 Å². The highest BCUT2D eigenvalue weighted by molar-refractivity contribution is 7.20. The molecule has 1 aliphatic heterocycles. The number of benzene rings is 1. The van der Waals surface area contributed by atoms with E-state index in [1.165, 1.54) is 18.2 Å². The zero-order valence-corrected chi connectivity index (χ0v) is 16.1. The van der Waals surface area contributed by atoms with Gasteiger partial charge in [-0.05, 0) is 25.0 Å². The second-order valence-electron chi connectivity index (χ2n) is 6.66. The van der Waals surface area contributed by atoms with Crippen molar-refractivity contribution in [1.82, 2.24) is 14.9 Å². The number of carbonyl (C=O) groups excluding carboxylic acids is 1. The topological polar surface area (TPSA) is 73.2 Å². The number of aryl methyl sites for hydroxylation is 2. The van der Waals surface area contributed by atoms with E-state index in [9.17, 15) is 22.8 Å². The normalized spacial score (nSPS) is 13.5. The van der Waals surface area contributed by atoms with Gasteiger partial charge in [-0.2, -0.15) is 0 Å². The maximum atomic E-state index is 12.7. The number of aromatic nitrogens is 2. The van der Waals surface area contributed by atoms with E-state index in [1.54, 1.807) is 17.6 Å². The quantitative estimate of drug-likeness (QED) is 0.697. The first kappa shape index (κ1) is 19.4. The third-order valence-corrected chi connectivity index (χ3v) is 5.94. The minimum atomic E-state index is -4.82. The third-order valence-electron chi connectivity index (χ3n) is 4.76. The summed E-state index contributed by atoms with van der Waals surface area (Å²) in [6.45, 7) is 2.14. The number of rotatable bonds is 4. The minimum Gasteiger partial charge on any atom is -0.405 e. The largest absolute Gasteiger partial charge is 0.573 e. The smallest absolute Gasteiger partial charge is 0.405 e. The molecule has 0 saturated carbocycles. The van der Waals surface area contributed by atoms with Crippen LogP contribution in [-0.2, 0) is 19.5 Å². The lowest BCUT2D eigenvalue weighted by molar-refractivity contribution is -0.274. The number of halogens is 3. The van der Waals surface area contributed by atoms with E-state index in [4.69, 9.17) is 0 Å². The number of nitrogens with one attached hydrogen (secondary N) is 1. The molecule has 0 atom stereocenters. The molecule has 3 aromatic rings. The highest BCUT2D eigenvalue weighted by Crippen LogP contribution is 2.29. The molecule has 4 rings (SSSR count). The Bertz CT molecular complexity index is 1170. The second-order valence-corrected chi connectivity index (χ2v) is 7.66. The van der Waals surface area contributed by atoms with Crippen LogP contribution in [0, 0.1) is 6.92 Å². The van der Waals surface area contributed by atoms with Gasteiger partial charge in [0, 0.05) is 25.1 Å². The van der Waals surface area contributed by atoms with Gasteiger partial charge in [-0.25, -0.2) is 4.98 Å². The first-order chi connectivity index (χ1) is 13.7. The van der Waals surface area contributed by atoms with Crippen LogP contribution in [0.2, 0.25) is 0 Å². The fraction of sp³-hybridized carbons (Fsp3) is 0.316. The maximum absolute atomic E-state index is 12.7. The van der Waals surface area contributed by atoms with Crippen molar-refractivity contribution < 1.29 is 22.7 Å². The lowest BCUT2D eigenvalue weighted by Gasteiger charge is -2.13. The van der Waals surface area contributed by atoms with Crippen LogP contribution >= 0.6 is 11.3 Å². The van der Waals surface area contributed by atoms with Crippen molar-refractivity contribution in [2.45, 2.75) is 39.2 Å². The van der Waals surface area contributed by atoms with Crippen molar-refractivity contribution in [3.8, 4) is 5.75 Å². The van der Waals surface area contributed by atoms with E-state index in [2.05, 4.69) is 15.0 Å². The highest BCUT2D eigenvalue weighted by atomic mass is 32.1. The summed E-state index contributed by atoms with van der Waals surface area (Å²) in [5.41, 5.74) is 0.565. The van der Waals surface area contributed by atoms with Crippen LogP contribution in [0.5, 0.6) is 5.75 Å². The Balaban J connectivity index is 1.59. The SMILES string of the molecule is Cc1c(C(=O)NCc2ccccc2OC(F)(F)F)sc2nc3n(c(=O)c12)CCC3. The summed E-state index contributed by atoms with van der Waals surface area (Å²) in [4.78, 5) is 30.7. The number of hydrogen-bond acceptors (Lipinski definition) is 5. The summed E-state index contributed by atoms with van der Waals surface area (Å²) in [5.74, 6) is -0.129. The Morgan fingerprint density at radius 1 is 1.34 bits per heavy atom. The first-order valence-corrected chi connectivity index (χ1v) is 9.71. The molecule has 0 radical (unpaired) electrons. The molecular formula is C19H16F3N3O3S. The second kappa shape index (κ2) is 7.18. The fourth-order valence-electron chi connectivity index (χ4n) is 3.42. The molecule has 0 spiro atoms. The zero-order valence-electron chi connectivity index (χ0n) is 15.3. The number of thiophene rings is 1. The van der Waals surface area contributed by atoms with E-state index in [1.807, 2.05) is 0 Å². The first-order valence-electron chi connectivity index (χ1n) is 8.89. The van der Waals surface area contributed by atoms with Crippen LogP contribution < -0.4 is 15.6 Å². The Morgan fingerprint density at radius 3 is 2.86 bits per heavy atom. The van der Waals surface area contributed by atoms with Crippen LogP contribution in [0.1, 0.15) is 33.0 Å². The van der Waals surface area contributed by atoms with Crippen LogP contribution in [0.25, 0.3) is 10.2 Å². The van der Waals surface area contributed by atoms with E-state index in [-0.39, 0.29) is 23.4 Å². The van der Waals surface area contributed by atoms with Gasteiger partial charge < -0.3 is 10.1 Å². The highest BCUT2D eigenvalue weighted by Gasteiger charge is 2.32. The van der Waals surface area contributed by atoms with Gasteiger partial charge >= 0.3 is 6.36 Å². The number of carbonyl (C=O) groups is 1. The molecule has 1 aromatic carbocycles. The number of alkyl halides is 3. The molecule has 1 amide bonds. The number of para-hydroxylation sites is 1. The van der Waals surface area contributed by atoms with Crippen molar-refractivity contribution >= 4 is 27.5 Å². The number of fused-ring (bicyclic) bond motifs is 2. The molecule has 3 heterocycles. The Labute approximate surface area is 166 Å². The van der Waals surface area contributed by atoms with Gasteiger partial charge in [0.2, 0.25) is 0 Å². The monoisotopic (exact) mass is 423 g/mol. The molecule has 0 aliphatic carbocycles. The molecule has 0 saturated heterocycles. The summed E-state index contributed by atoms with van der Waals surface area (Å²) in [6, 6.07) is 5.60. The lowest BCUT2D eigenvalue weighted by atomic mass is 10.2. The number of nitrogens with zero attached hydrogens (tertiary/aromatic N) is 2. The fourth-order valence-corrected chi connectivity index (χ4v) is 4.53. The Hall–Kier alpha value is -2.88. The standard InChI is InChI=1S/C19H16F3N3O3S/c1-10-14-17(24-13-7-4-8-25(13)18(14)27)29-15(10)16(26)23-9-11-5-2-3-6-12(11)28-19(20,21)22/h2-3,5-6H,4,7-9H2,1H3,(H,23,26). The molecule has 1 N–H and O–H groups in total. The summed E-state index contributed by atoms with van der Waals surface area (Å²) >= 11 is 1.11. The van der Waals surface area contributed by atoms with Gasteiger partial charge in [0.1, 0.15) is 16.4 Å². The van der Waals surface area contributed by atoms with Crippen molar-refractivity contribution in [3.63, 3.8) is 0 Å². The summed E-state index contributed by atoms with van der Waals surface area (Å²) < 4.78 is 43.3. The van der Waals surface area contributed by atoms with Gasteiger partial charge in [0.25, 0.3) is 11.5 Å². The summed E-state index contributed by atoms with van der Waals surface area (Å²) in [7, 11) is 0. The van der Waals surface area contributed by atoms with E-state index in [0.717, 1.165) is 24.2 Å². The molecule has 0 unspecified atom stereocenters. The molecule has 152 valence electrons. The van der Waals surface area contributed by atoms with E-state index in [0.29, 0.717) is 33.0 Å². The molecule has 1 aliphatic rings. The molecular weight excluding hydrogens is 407 g/mol. The average molecular weight is 423 g/mol. The number of ether oxygens (including phenoxy) is 1. The van der Waals surface area contributed by atoms with Gasteiger partial charge in [-0.1, -0.05) is 18.2 Å². The predicted octanol–water partition coefficient (Wildman–Crippen LogP) is 3.54. The molecule has 0 fully saturated rings. The van der Waals surface area contributed by atoms with E-state index < -0.39 is 12.3 Å². The molecule has 0 bridgehead atoms. The molecule has 2 aromatic heterocycles. The third kappa shape index (κ3) is 3.71. The average Bonchev–Trinajstić information content (AvgIpc) is 3.25. The van der Waals surface area contributed by atoms with Crippen LogP contribution in [0.3, 0.4) is 0 Å². The van der Waals surface area contributed by atoms with Crippen molar-refractivity contribution in [2.24, 2.45) is 0 Å². The Morgan fingerprint density at radius 2 is 2.10 bits per heavy atom. The van der Waals surface area contributed by atoms with Crippen LogP contribution in [0.4, 0.5) is 13.2 Å². The molecule has 10 heteroatoms. The number of amides is 1. The van der Waals surface area contributed by atoms with Crippen molar-refractivity contribution in [3.05, 3.63) is 56.4 Å².